The van der Waals surface area contributed by atoms with Crippen LogP contribution in [0.3, 0.4) is 0 Å². The molecular formula is C14H20F3N3O3. The molecule has 0 saturated heterocycles. The zero-order chi connectivity index (χ0) is 17.9. The first-order chi connectivity index (χ1) is 10.4. The molecule has 6 nitrogen and oxygen atoms in total. The number of nitrogens with one attached hydrogen (secondary N) is 1. The van der Waals surface area contributed by atoms with Crippen LogP contribution in [0.25, 0.3) is 0 Å². The van der Waals surface area contributed by atoms with E-state index < -0.39 is 30.6 Å². The van der Waals surface area contributed by atoms with Crippen LogP contribution in [0.1, 0.15) is 30.8 Å². The Balaban J connectivity index is 2.89. The lowest BCUT2D eigenvalue weighted by atomic mass is 10.0. The molecule has 130 valence electrons. The molecule has 0 fully saturated rings. The predicted octanol–water partition coefficient (Wildman–Crippen LogP) is 1.83. The normalized spacial score (nSPS) is 13.2. The highest BCUT2D eigenvalue weighted by atomic mass is 19.4. The van der Waals surface area contributed by atoms with Gasteiger partial charge >= 0.3 is 12.1 Å². The van der Waals surface area contributed by atoms with Crippen LogP contribution in [0.5, 0.6) is 0 Å². The van der Waals surface area contributed by atoms with Crippen molar-refractivity contribution in [2.24, 2.45) is 5.92 Å². The van der Waals surface area contributed by atoms with E-state index in [-0.39, 0.29) is 18.0 Å². The van der Waals surface area contributed by atoms with Gasteiger partial charge in [0.25, 0.3) is 0 Å². The summed E-state index contributed by atoms with van der Waals surface area (Å²) in [6, 6.07) is -1.05. The van der Waals surface area contributed by atoms with E-state index in [1.165, 1.54) is 13.8 Å². The molecule has 0 aliphatic carbocycles. The Hall–Kier alpha value is -2.06. The number of hydrogen-bond acceptors (Lipinski definition) is 3. The van der Waals surface area contributed by atoms with Gasteiger partial charge in [-0.3, -0.25) is 9.48 Å². The molecule has 1 aromatic rings. The van der Waals surface area contributed by atoms with Crippen molar-refractivity contribution < 1.29 is 27.9 Å². The topological polar surface area (TPSA) is 84.2 Å². The summed E-state index contributed by atoms with van der Waals surface area (Å²) in [5.74, 6) is -2.04. The minimum absolute atomic E-state index is 0.216. The Kier molecular flexibility index (Phi) is 5.79. The fraction of sp³-hybridized carbons (Fsp3) is 0.643. The average molecular weight is 335 g/mol. The molecule has 0 saturated carbocycles. The SMILES string of the molecule is Cc1nn(CC(F)(F)F)c(C)c1CC(=O)N[C@H](C(=O)O)C(C)C. The molecule has 9 heteroatoms. The quantitative estimate of drug-likeness (QED) is 0.831. The molecule has 1 atom stereocenters. The number of carbonyl (C=O) groups excluding carboxylic acids is 1. The maximum atomic E-state index is 12.5. The van der Waals surface area contributed by atoms with Crippen molar-refractivity contribution in [3.05, 3.63) is 17.0 Å². The second-order valence-corrected chi connectivity index (χ2v) is 5.73. The number of nitrogens with zero attached hydrogens (tertiary/aromatic N) is 2. The highest BCUT2D eigenvalue weighted by molar-refractivity contribution is 5.85. The fourth-order valence-corrected chi connectivity index (χ4v) is 2.21. The van der Waals surface area contributed by atoms with Crippen molar-refractivity contribution in [1.29, 1.82) is 0 Å². The smallest absolute Gasteiger partial charge is 0.408 e. The summed E-state index contributed by atoms with van der Waals surface area (Å²) in [4.78, 5) is 23.1. The summed E-state index contributed by atoms with van der Waals surface area (Å²) in [7, 11) is 0. The summed E-state index contributed by atoms with van der Waals surface area (Å²) in [5.41, 5.74) is 0.935. The van der Waals surface area contributed by atoms with Crippen molar-refractivity contribution in [1.82, 2.24) is 15.1 Å². The third kappa shape index (κ3) is 5.26. The Bertz CT molecular complexity index is 594. The number of aromatic nitrogens is 2. The highest BCUT2D eigenvalue weighted by Gasteiger charge is 2.30. The van der Waals surface area contributed by atoms with Gasteiger partial charge in [0.2, 0.25) is 5.91 Å². The van der Waals surface area contributed by atoms with Gasteiger partial charge in [0.1, 0.15) is 12.6 Å². The summed E-state index contributed by atoms with van der Waals surface area (Å²) in [6.07, 6.45) is -4.62. The number of alkyl halides is 3. The molecule has 1 heterocycles. The van der Waals surface area contributed by atoms with Crippen LogP contribution in [0.4, 0.5) is 13.2 Å². The van der Waals surface area contributed by atoms with Crippen LogP contribution in [-0.2, 0) is 22.6 Å². The maximum absolute atomic E-state index is 12.5. The van der Waals surface area contributed by atoms with Gasteiger partial charge in [-0.05, 0) is 19.8 Å². The number of hydrogen-bond donors (Lipinski definition) is 2. The molecule has 0 bridgehead atoms. The largest absolute Gasteiger partial charge is 0.480 e. The van der Waals surface area contributed by atoms with Crippen LogP contribution in [0.15, 0.2) is 0 Å². The van der Waals surface area contributed by atoms with Crippen LogP contribution in [0.2, 0.25) is 0 Å². The molecule has 0 aromatic carbocycles. The van der Waals surface area contributed by atoms with Gasteiger partial charge in [-0.15, -0.1) is 0 Å². The van der Waals surface area contributed by atoms with Crippen LogP contribution in [0, 0.1) is 19.8 Å². The maximum Gasteiger partial charge on any atom is 0.408 e. The Morgan fingerprint density at radius 3 is 2.30 bits per heavy atom. The summed E-state index contributed by atoms with van der Waals surface area (Å²) in [6.45, 7) is 5.03. The van der Waals surface area contributed by atoms with E-state index in [1.54, 1.807) is 13.8 Å². The number of aliphatic carboxylic acids is 1. The van der Waals surface area contributed by atoms with Crippen molar-refractivity contribution >= 4 is 11.9 Å². The van der Waals surface area contributed by atoms with Gasteiger partial charge in [0, 0.05) is 11.3 Å². The first-order valence-electron chi connectivity index (χ1n) is 7.04. The number of rotatable bonds is 6. The molecule has 0 aliphatic rings. The number of carboxylic acid groups (broad SMARTS) is 1. The second kappa shape index (κ2) is 7.01. The first kappa shape index (κ1) is 19.0. The van der Waals surface area contributed by atoms with Gasteiger partial charge in [0.15, 0.2) is 0 Å². The molecule has 0 aliphatic heterocycles. The van der Waals surface area contributed by atoms with Gasteiger partial charge in [-0.1, -0.05) is 13.8 Å². The number of halogens is 3. The molecule has 1 rings (SSSR count). The molecule has 1 aromatic heterocycles. The van der Waals surface area contributed by atoms with E-state index in [9.17, 15) is 22.8 Å². The number of aryl methyl sites for hydroxylation is 1. The molecule has 0 unspecified atom stereocenters. The van der Waals surface area contributed by atoms with Crippen LogP contribution in [-0.4, -0.2) is 39.0 Å². The van der Waals surface area contributed by atoms with Gasteiger partial charge in [0.05, 0.1) is 12.1 Å². The third-order valence-corrected chi connectivity index (χ3v) is 3.45. The van der Waals surface area contributed by atoms with Gasteiger partial charge in [-0.2, -0.15) is 18.3 Å². The molecule has 23 heavy (non-hydrogen) atoms. The lowest BCUT2D eigenvalue weighted by Gasteiger charge is -2.18. The van der Waals surface area contributed by atoms with Crippen LogP contribution < -0.4 is 5.32 Å². The zero-order valence-electron chi connectivity index (χ0n) is 13.4. The van der Waals surface area contributed by atoms with Crippen LogP contribution >= 0.6 is 0 Å². The number of carboxylic acids is 1. The van der Waals surface area contributed by atoms with E-state index >= 15 is 0 Å². The van der Waals surface area contributed by atoms with E-state index in [2.05, 4.69) is 10.4 Å². The zero-order valence-corrected chi connectivity index (χ0v) is 13.4. The lowest BCUT2D eigenvalue weighted by molar-refractivity contribution is -0.143. The third-order valence-electron chi connectivity index (χ3n) is 3.45. The van der Waals surface area contributed by atoms with E-state index in [0.29, 0.717) is 11.3 Å². The standard InChI is InChI=1S/C14H20F3N3O3/c1-7(2)12(13(22)23)18-11(21)5-10-8(3)19-20(9(10)4)6-14(15,16)17/h7,12H,5-6H2,1-4H3,(H,18,21)(H,22,23)/t12-/m0/s1. The first-order valence-corrected chi connectivity index (χ1v) is 7.04. The van der Waals surface area contributed by atoms with Gasteiger partial charge < -0.3 is 10.4 Å². The fourth-order valence-electron chi connectivity index (χ4n) is 2.21. The Morgan fingerprint density at radius 1 is 1.30 bits per heavy atom. The van der Waals surface area contributed by atoms with Crippen molar-refractivity contribution in [3.63, 3.8) is 0 Å². The lowest BCUT2D eigenvalue weighted by Crippen LogP contribution is -2.45. The van der Waals surface area contributed by atoms with Crippen molar-refractivity contribution in [2.45, 2.75) is 52.9 Å². The average Bonchev–Trinajstić information content (AvgIpc) is 2.61. The Labute approximate surface area is 131 Å². The number of carbonyl (C=O) groups is 2. The molecular weight excluding hydrogens is 315 g/mol. The molecule has 1 amide bonds. The minimum Gasteiger partial charge on any atom is -0.480 e. The summed E-state index contributed by atoms with van der Waals surface area (Å²) >= 11 is 0. The van der Waals surface area contributed by atoms with E-state index in [1.807, 2.05) is 0 Å². The van der Waals surface area contributed by atoms with Crippen molar-refractivity contribution in [3.8, 4) is 0 Å². The monoisotopic (exact) mass is 335 g/mol. The van der Waals surface area contributed by atoms with E-state index in [4.69, 9.17) is 5.11 Å². The Morgan fingerprint density at radius 2 is 1.87 bits per heavy atom. The van der Waals surface area contributed by atoms with Gasteiger partial charge in [-0.25, -0.2) is 4.79 Å². The molecule has 2 N–H and O–H groups in total. The second-order valence-electron chi connectivity index (χ2n) is 5.73. The number of amides is 1. The minimum atomic E-state index is -4.41. The molecule has 0 spiro atoms. The van der Waals surface area contributed by atoms with E-state index in [0.717, 1.165) is 4.68 Å². The summed E-state index contributed by atoms with van der Waals surface area (Å²) < 4.78 is 38.2. The predicted molar refractivity (Wildman–Crippen MR) is 75.9 cm³/mol. The highest BCUT2D eigenvalue weighted by Crippen LogP contribution is 2.21. The molecule has 0 radical (unpaired) electrons. The summed E-state index contributed by atoms with van der Waals surface area (Å²) in [5, 5.41) is 15.2. The van der Waals surface area contributed by atoms with Crippen molar-refractivity contribution in [2.75, 3.05) is 0 Å².